The van der Waals surface area contributed by atoms with Crippen LogP contribution in [-0.2, 0) is 16.1 Å². The molecule has 1 aromatic heterocycles. The number of rotatable bonds is 10. The highest BCUT2D eigenvalue weighted by Crippen LogP contribution is 2.26. The van der Waals surface area contributed by atoms with Crippen LogP contribution in [0.25, 0.3) is 11.1 Å². The minimum atomic E-state index is -1.51. The number of aromatic nitrogens is 1. The third kappa shape index (κ3) is 7.72. The number of ether oxygens (including phenoxy) is 1. The standard InChI is InChI=1S/C24H25ClFN3O5S/c1-14(2)13-34-23(32)20(30)12-29(28-22(31)21-10-27-24(33)35-21)11-15-3-5-16(6-4-15)18-9-17(25)7-8-19(18)26/h3-10,14,20,30H,11-13H2,1-2H3,(H,27,33)(H,28,31)/t20-/m1/s1. The van der Waals surface area contributed by atoms with Gasteiger partial charge >= 0.3 is 10.8 Å². The van der Waals surface area contributed by atoms with Crippen LogP contribution >= 0.6 is 22.9 Å². The van der Waals surface area contributed by atoms with E-state index in [9.17, 15) is 23.9 Å². The Morgan fingerprint density at radius 2 is 1.94 bits per heavy atom. The highest BCUT2D eigenvalue weighted by Gasteiger charge is 2.23. The number of esters is 1. The van der Waals surface area contributed by atoms with Crippen molar-refractivity contribution >= 4 is 34.8 Å². The van der Waals surface area contributed by atoms with Crippen LogP contribution in [0.4, 0.5) is 4.39 Å². The van der Waals surface area contributed by atoms with E-state index in [0.717, 1.165) is 11.3 Å². The lowest BCUT2D eigenvalue weighted by molar-refractivity contribution is -0.156. The second-order valence-corrected chi connectivity index (χ2v) is 9.68. The fraction of sp³-hybridized carbons (Fsp3) is 0.292. The molecule has 3 rings (SSSR count). The molecule has 0 radical (unpaired) electrons. The van der Waals surface area contributed by atoms with E-state index in [1.165, 1.54) is 29.4 Å². The molecule has 1 heterocycles. The molecule has 186 valence electrons. The van der Waals surface area contributed by atoms with Crippen molar-refractivity contribution in [3.05, 3.63) is 79.6 Å². The van der Waals surface area contributed by atoms with Gasteiger partial charge in [0, 0.05) is 23.3 Å². The molecule has 8 nitrogen and oxygen atoms in total. The number of aromatic amines is 1. The van der Waals surface area contributed by atoms with E-state index in [1.54, 1.807) is 24.3 Å². The van der Waals surface area contributed by atoms with Crippen molar-refractivity contribution < 1.29 is 23.8 Å². The van der Waals surface area contributed by atoms with Crippen LogP contribution in [0.1, 0.15) is 29.1 Å². The van der Waals surface area contributed by atoms with Gasteiger partial charge in [0.15, 0.2) is 6.10 Å². The Bertz CT molecular complexity index is 1230. The van der Waals surface area contributed by atoms with Gasteiger partial charge in [-0.05, 0) is 35.2 Å². The Morgan fingerprint density at radius 1 is 1.23 bits per heavy atom. The largest absolute Gasteiger partial charge is 0.463 e. The predicted molar refractivity (Wildman–Crippen MR) is 131 cm³/mol. The SMILES string of the molecule is CC(C)COC(=O)[C@H](O)CN(Cc1ccc(-c2cc(Cl)ccc2F)cc1)NC(=O)c1c[nH]c(=O)s1. The van der Waals surface area contributed by atoms with Gasteiger partial charge in [0.2, 0.25) is 0 Å². The van der Waals surface area contributed by atoms with Crippen LogP contribution < -0.4 is 10.3 Å². The summed E-state index contributed by atoms with van der Waals surface area (Å²) in [6.45, 7) is 3.74. The van der Waals surface area contributed by atoms with Crippen molar-refractivity contribution in [3.63, 3.8) is 0 Å². The Labute approximate surface area is 210 Å². The zero-order valence-corrected chi connectivity index (χ0v) is 20.7. The van der Waals surface area contributed by atoms with Crippen molar-refractivity contribution in [1.82, 2.24) is 15.4 Å². The van der Waals surface area contributed by atoms with Crippen LogP contribution in [0.2, 0.25) is 5.02 Å². The average molecular weight is 522 g/mol. The molecule has 0 aliphatic heterocycles. The van der Waals surface area contributed by atoms with Crippen molar-refractivity contribution in [3.8, 4) is 11.1 Å². The van der Waals surface area contributed by atoms with Crippen molar-refractivity contribution in [2.75, 3.05) is 13.2 Å². The topological polar surface area (TPSA) is 112 Å². The lowest BCUT2D eigenvalue weighted by atomic mass is 10.0. The van der Waals surface area contributed by atoms with Gasteiger partial charge < -0.3 is 14.8 Å². The van der Waals surface area contributed by atoms with Crippen LogP contribution in [0.5, 0.6) is 0 Å². The fourth-order valence-corrected chi connectivity index (χ4v) is 3.85. The van der Waals surface area contributed by atoms with E-state index in [0.29, 0.717) is 21.7 Å². The second kappa shape index (κ2) is 12.1. The molecule has 0 spiro atoms. The van der Waals surface area contributed by atoms with Gasteiger partial charge in [-0.25, -0.2) is 14.2 Å². The number of nitrogens with zero attached hydrogens (tertiary/aromatic N) is 1. The van der Waals surface area contributed by atoms with Crippen LogP contribution in [0, 0.1) is 11.7 Å². The molecule has 3 N–H and O–H groups in total. The molecule has 0 saturated carbocycles. The van der Waals surface area contributed by atoms with E-state index in [4.69, 9.17) is 16.3 Å². The van der Waals surface area contributed by atoms with E-state index < -0.39 is 23.8 Å². The quantitative estimate of drug-likeness (QED) is 0.278. The molecule has 0 fully saturated rings. The van der Waals surface area contributed by atoms with Gasteiger partial charge in [-0.1, -0.05) is 61.1 Å². The molecule has 0 aliphatic rings. The van der Waals surface area contributed by atoms with Crippen LogP contribution in [0.15, 0.2) is 53.5 Å². The van der Waals surface area contributed by atoms with Crippen molar-refractivity contribution in [2.24, 2.45) is 5.92 Å². The summed E-state index contributed by atoms with van der Waals surface area (Å²) in [5.74, 6) is -1.70. The van der Waals surface area contributed by atoms with Crippen molar-refractivity contribution in [1.29, 1.82) is 0 Å². The zero-order valence-electron chi connectivity index (χ0n) is 19.1. The molecule has 0 aliphatic carbocycles. The molecular weight excluding hydrogens is 497 g/mol. The summed E-state index contributed by atoms with van der Waals surface area (Å²) in [7, 11) is 0. The van der Waals surface area contributed by atoms with E-state index in [1.807, 2.05) is 13.8 Å². The second-order valence-electron chi connectivity index (χ2n) is 8.22. The number of thiazole rings is 1. The first kappa shape index (κ1) is 26.6. The third-order valence-electron chi connectivity index (χ3n) is 4.80. The summed E-state index contributed by atoms with van der Waals surface area (Å²) in [4.78, 5) is 38.3. The molecule has 3 aromatic rings. The maximum absolute atomic E-state index is 14.2. The Hall–Kier alpha value is -3.05. The maximum Gasteiger partial charge on any atom is 0.336 e. The number of halogens is 2. The molecule has 2 aromatic carbocycles. The first-order chi connectivity index (χ1) is 16.6. The van der Waals surface area contributed by atoms with Gasteiger partial charge in [0.05, 0.1) is 13.2 Å². The van der Waals surface area contributed by atoms with E-state index in [2.05, 4.69) is 10.4 Å². The van der Waals surface area contributed by atoms with Crippen LogP contribution in [-0.4, -0.2) is 46.2 Å². The number of aliphatic hydroxyl groups is 1. The highest BCUT2D eigenvalue weighted by atomic mass is 35.5. The zero-order chi connectivity index (χ0) is 25.5. The van der Waals surface area contributed by atoms with Gasteiger partial charge in [-0.15, -0.1) is 0 Å². The smallest absolute Gasteiger partial charge is 0.336 e. The van der Waals surface area contributed by atoms with E-state index in [-0.39, 0.29) is 35.4 Å². The van der Waals surface area contributed by atoms with Gasteiger partial charge in [0.1, 0.15) is 10.7 Å². The number of amides is 1. The number of hydrogen-bond acceptors (Lipinski definition) is 7. The molecule has 0 bridgehead atoms. The molecular formula is C24H25ClFN3O5S. The summed E-state index contributed by atoms with van der Waals surface area (Å²) in [5.41, 5.74) is 4.28. The molecule has 0 unspecified atom stereocenters. The number of nitrogens with one attached hydrogen (secondary N) is 2. The summed E-state index contributed by atoms with van der Waals surface area (Å²) in [5, 5.41) is 12.1. The minimum absolute atomic E-state index is 0.0983. The average Bonchev–Trinajstić information content (AvgIpc) is 3.26. The number of aliphatic hydroxyl groups excluding tert-OH is 1. The monoisotopic (exact) mass is 521 g/mol. The highest BCUT2D eigenvalue weighted by molar-refractivity contribution is 7.11. The van der Waals surface area contributed by atoms with Gasteiger partial charge in [-0.2, -0.15) is 0 Å². The minimum Gasteiger partial charge on any atom is -0.463 e. The Morgan fingerprint density at radius 3 is 2.57 bits per heavy atom. The molecule has 35 heavy (non-hydrogen) atoms. The Balaban J connectivity index is 1.76. The number of carbonyl (C=O) groups excluding carboxylic acids is 2. The van der Waals surface area contributed by atoms with Crippen LogP contribution in [0.3, 0.4) is 0 Å². The first-order valence-corrected chi connectivity index (χ1v) is 12.0. The first-order valence-electron chi connectivity index (χ1n) is 10.8. The normalized spacial score (nSPS) is 12.1. The number of hydrogen-bond donors (Lipinski definition) is 3. The predicted octanol–water partition coefficient (Wildman–Crippen LogP) is 3.60. The summed E-state index contributed by atoms with van der Waals surface area (Å²) >= 11 is 6.72. The van der Waals surface area contributed by atoms with Gasteiger partial charge in [0.25, 0.3) is 5.91 Å². The number of H-pyrrole nitrogens is 1. The third-order valence-corrected chi connectivity index (χ3v) is 5.86. The Kier molecular flexibility index (Phi) is 9.16. The van der Waals surface area contributed by atoms with Gasteiger partial charge in [-0.3, -0.25) is 15.0 Å². The maximum atomic E-state index is 14.2. The number of benzene rings is 2. The molecule has 0 saturated heterocycles. The molecule has 11 heteroatoms. The lowest BCUT2D eigenvalue weighted by Crippen LogP contribution is -2.47. The van der Waals surface area contributed by atoms with Crippen molar-refractivity contribution in [2.45, 2.75) is 26.5 Å². The van der Waals surface area contributed by atoms with E-state index >= 15 is 0 Å². The summed E-state index contributed by atoms with van der Waals surface area (Å²) in [6, 6.07) is 11.1. The summed E-state index contributed by atoms with van der Waals surface area (Å²) in [6.07, 6.45) is -0.235. The molecule has 1 amide bonds. The summed E-state index contributed by atoms with van der Waals surface area (Å²) < 4.78 is 19.3. The fourth-order valence-electron chi connectivity index (χ4n) is 3.10. The number of hydrazine groups is 1. The lowest BCUT2D eigenvalue weighted by Gasteiger charge is -2.25. The number of carbonyl (C=O) groups is 2. The molecule has 1 atom stereocenters.